The molecule has 0 spiro atoms. The second kappa shape index (κ2) is 10.1. The van der Waals surface area contributed by atoms with Gasteiger partial charge in [-0.3, -0.25) is 9.59 Å². The third kappa shape index (κ3) is 4.76. The van der Waals surface area contributed by atoms with Crippen molar-refractivity contribution in [2.45, 2.75) is 72.6 Å². The van der Waals surface area contributed by atoms with E-state index in [-0.39, 0.29) is 59.0 Å². The van der Waals surface area contributed by atoms with Gasteiger partial charge in [-0.15, -0.1) is 0 Å². The van der Waals surface area contributed by atoms with E-state index in [1.54, 1.807) is 19.9 Å². The predicted octanol–water partition coefficient (Wildman–Crippen LogP) is 6.49. The van der Waals surface area contributed by atoms with Crippen LogP contribution in [0.15, 0.2) is 34.7 Å². The minimum absolute atomic E-state index is 0.000732. The molecule has 7 atom stereocenters. The van der Waals surface area contributed by atoms with E-state index >= 15 is 4.39 Å². The summed E-state index contributed by atoms with van der Waals surface area (Å²) in [5.41, 5.74) is 0.218. The highest BCUT2D eigenvalue weighted by Crippen LogP contribution is 2.64. The molecule has 198 valence electrons. The van der Waals surface area contributed by atoms with Gasteiger partial charge in [0.2, 0.25) is 5.78 Å². The van der Waals surface area contributed by atoms with Crippen molar-refractivity contribution < 1.29 is 42.9 Å². The molecule has 0 bridgehead atoms. The fourth-order valence-electron chi connectivity index (χ4n) is 6.82. The van der Waals surface area contributed by atoms with Crippen molar-refractivity contribution in [1.82, 2.24) is 0 Å². The molecule has 2 fully saturated rings. The summed E-state index contributed by atoms with van der Waals surface area (Å²) < 4.78 is 36.0. The third-order valence-electron chi connectivity index (χ3n) is 8.24. The van der Waals surface area contributed by atoms with Gasteiger partial charge < -0.3 is 14.9 Å². The fourth-order valence-corrected chi connectivity index (χ4v) is 6.97. The molecule has 0 heterocycles. The molecule has 0 saturated heterocycles. The van der Waals surface area contributed by atoms with Crippen LogP contribution in [0.5, 0.6) is 0 Å². The van der Waals surface area contributed by atoms with Crippen LogP contribution in [-0.4, -0.2) is 44.8 Å². The number of halogens is 2. The molecule has 0 unspecified atom stereocenters. The molecule has 0 aromatic rings. The molecule has 36 heavy (non-hydrogen) atoms. The summed E-state index contributed by atoms with van der Waals surface area (Å²) in [6.07, 6.45) is 4.28. The summed E-state index contributed by atoms with van der Waals surface area (Å²) in [7, 11) is 0. The molecule has 7 nitrogen and oxygen atoms in total. The maximum absolute atomic E-state index is 15.3. The van der Waals surface area contributed by atoms with E-state index in [4.69, 9.17) is 14.9 Å². The average molecular weight is 527 g/mol. The van der Waals surface area contributed by atoms with Gasteiger partial charge in [0.15, 0.2) is 5.83 Å². The second-order valence-electron chi connectivity index (χ2n) is 10.5. The summed E-state index contributed by atoms with van der Waals surface area (Å²) in [5, 5.41) is 12.5. The van der Waals surface area contributed by atoms with Crippen molar-refractivity contribution in [1.29, 1.82) is 0 Å². The number of rotatable bonds is 2. The lowest BCUT2D eigenvalue weighted by Gasteiger charge is -2.53. The van der Waals surface area contributed by atoms with Crippen LogP contribution in [-0.2, 0) is 14.3 Å². The number of thioether (sulfide) groups is 1. The molecule has 0 aromatic carbocycles. The standard InChI is InChI=1S/C24H30F2O3.C2H2O4S/c1-6-18(27)29-22-12(2)9-16-14-10-17(25)19-20(26)21(28)13(3)11-24(19,5)15(14)7-8-23(16,22)4;3-1(4)7-2(5)6/h7,11-12,14,16-17,22H,6,8-10H2,1-5H3;(H,3,4)(H,5,6)/t12-,14+,16-,17-,22+,23-,24+;/m0./s1. The first-order chi connectivity index (χ1) is 16.7. The fraction of sp³-hybridized carbons (Fsp3) is 0.615. The van der Waals surface area contributed by atoms with Crippen LogP contribution in [0.1, 0.15) is 60.3 Å². The largest absolute Gasteiger partial charge is 0.473 e. The maximum Gasteiger partial charge on any atom is 0.376 e. The highest BCUT2D eigenvalue weighted by atomic mass is 32.2. The van der Waals surface area contributed by atoms with Gasteiger partial charge in [0.25, 0.3) is 0 Å². The molecule has 0 aliphatic heterocycles. The predicted molar refractivity (Wildman–Crippen MR) is 130 cm³/mol. The molecular weight excluding hydrogens is 494 g/mol. The number of carbonyl (C=O) groups is 4. The minimum Gasteiger partial charge on any atom is -0.473 e. The van der Waals surface area contributed by atoms with E-state index in [0.29, 0.717) is 18.4 Å². The van der Waals surface area contributed by atoms with E-state index in [1.807, 2.05) is 6.92 Å². The number of alkyl halides is 1. The van der Waals surface area contributed by atoms with Crippen molar-refractivity contribution in [2.75, 3.05) is 0 Å². The zero-order valence-corrected chi connectivity index (χ0v) is 21.8. The first-order valence-corrected chi connectivity index (χ1v) is 12.8. The van der Waals surface area contributed by atoms with Crippen LogP contribution in [0.2, 0.25) is 0 Å². The average Bonchev–Trinajstić information content (AvgIpc) is 3.01. The Bertz CT molecular complexity index is 1070. The Labute approximate surface area is 213 Å². The summed E-state index contributed by atoms with van der Waals surface area (Å²) >= 11 is -0.157. The van der Waals surface area contributed by atoms with Gasteiger partial charge in [0.1, 0.15) is 12.3 Å². The lowest BCUT2D eigenvalue weighted by atomic mass is 9.52. The monoisotopic (exact) mass is 526 g/mol. The van der Waals surface area contributed by atoms with Crippen LogP contribution in [0.4, 0.5) is 18.4 Å². The Morgan fingerprint density at radius 1 is 1.19 bits per heavy atom. The SMILES string of the molecule is CCC(=O)O[C@@H]1[C@@H](C)C[C@H]2[C@@H]3C[C@H](F)C4=C(F)C(=O)C(C)=C[C@]4(C)C3=CC[C@]12C.O=C(O)SC(=O)O. The minimum atomic E-state index is -1.48. The van der Waals surface area contributed by atoms with Gasteiger partial charge >= 0.3 is 16.6 Å². The van der Waals surface area contributed by atoms with Crippen LogP contribution in [0.25, 0.3) is 0 Å². The van der Waals surface area contributed by atoms with Crippen LogP contribution in [0, 0.1) is 28.6 Å². The van der Waals surface area contributed by atoms with E-state index in [0.717, 1.165) is 12.0 Å². The topological polar surface area (TPSA) is 118 Å². The van der Waals surface area contributed by atoms with E-state index in [1.165, 1.54) is 0 Å². The van der Waals surface area contributed by atoms with Crippen molar-refractivity contribution in [3.63, 3.8) is 0 Å². The second-order valence-corrected chi connectivity index (χ2v) is 11.4. The Morgan fingerprint density at radius 3 is 2.33 bits per heavy atom. The van der Waals surface area contributed by atoms with Crippen molar-refractivity contribution in [2.24, 2.45) is 28.6 Å². The van der Waals surface area contributed by atoms with Crippen LogP contribution in [0.3, 0.4) is 0 Å². The molecule has 2 saturated carbocycles. The van der Waals surface area contributed by atoms with E-state index in [9.17, 15) is 23.6 Å². The van der Waals surface area contributed by atoms with Crippen LogP contribution < -0.4 is 0 Å². The van der Waals surface area contributed by atoms with Crippen molar-refractivity contribution in [3.05, 3.63) is 34.7 Å². The lowest BCUT2D eigenvalue weighted by Crippen LogP contribution is -2.49. The summed E-state index contributed by atoms with van der Waals surface area (Å²) in [5.74, 6) is -1.50. The Kier molecular flexibility index (Phi) is 7.89. The molecule has 0 radical (unpaired) electrons. The number of fused-ring (bicyclic) bond motifs is 5. The summed E-state index contributed by atoms with van der Waals surface area (Å²) in [6, 6.07) is 0. The van der Waals surface area contributed by atoms with Gasteiger partial charge in [-0.25, -0.2) is 18.4 Å². The highest BCUT2D eigenvalue weighted by molar-refractivity contribution is 8.25. The lowest BCUT2D eigenvalue weighted by molar-refractivity contribution is -0.158. The molecule has 4 rings (SSSR count). The first-order valence-electron chi connectivity index (χ1n) is 12.0. The molecule has 0 amide bonds. The van der Waals surface area contributed by atoms with Crippen molar-refractivity contribution in [3.8, 4) is 0 Å². The number of esters is 1. The smallest absolute Gasteiger partial charge is 0.376 e. The van der Waals surface area contributed by atoms with Gasteiger partial charge in [0, 0.05) is 22.8 Å². The Hall–Kier alpha value is -2.49. The van der Waals surface area contributed by atoms with Gasteiger partial charge in [-0.2, -0.15) is 0 Å². The van der Waals surface area contributed by atoms with E-state index in [2.05, 4.69) is 19.9 Å². The summed E-state index contributed by atoms with van der Waals surface area (Å²) in [4.78, 5) is 42.9. The molecule has 10 heteroatoms. The molecule has 4 aliphatic rings. The maximum atomic E-state index is 15.3. The zero-order chi connectivity index (χ0) is 27.2. The number of ketones is 1. The highest BCUT2D eigenvalue weighted by Gasteiger charge is 2.61. The third-order valence-corrected chi connectivity index (χ3v) is 8.59. The zero-order valence-electron chi connectivity index (χ0n) is 21.0. The normalized spacial score (nSPS) is 36.9. The molecule has 2 N–H and O–H groups in total. The first kappa shape index (κ1) is 28.1. The number of hydrogen-bond donors (Lipinski definition) is 2. The Morgan fingerprint density at radius 2 is 1.81 bits per heavy atom. The number of carboxylic acid groups (broad SMARTS) is 2. The molecular formula is C26H32F2O7S. The van der Waals surface area contributed by atoms with Crippen molar-refractivity contribution >= 4 is 34.1 Å². The number of ether oxygens (including phenoxy) is 1. The van der Waals surface area contributed by atoms with E-state index < -0.39 is 33.8 Å². The van der Waals surface area contributed by atoms with Gasteiger partial charge in [-0.05, 0) is 56.4 Å². The van der Waals surface area contributed by atoms with Gasteiger partial charge in [0.05, 0.1) is 11.8 Å². The number of Topliss-reactive ketones (excluding diaryl/α,β-unsaturated/α-hetero) is 1. The molecule has 4 aliphatic carbocycles. The number of allylic oxidation sites excluding steroid dienone is 6. The van der Waals surface area contributed by atoms with Crippen LogP contribution >= 0.6 is 11.8 Å². The number of carbonyl (C=O) groups excluding carboxylic acids is 2. The Balaban J connectivity index is 0.000000454. The van der Waals surface area contributed by atoms with Gasteiger partial charge in [-0.1, -0.05) is 38.5 Å². The summed E-state index contributed by atoms with van der Waals surface area (Å²) in [6.45, 7) is 9.49. The quantitative estimate of drug-likeness (QED) is 0.309. The number of hydrogen-bond acceptors (Lipinski definition) is 6. The molecule has 0 aromatic heterocycles.